The highest BCUT2D eigenvalue weighted by Crippen LogP contribution is 2.22. The van der Waals surface area contributed by atoms with Gasteiger partial charge >= 0.3 is 29.9 Å². The lowest BCUT2D eigenvalue weighted by Crippen LogP contribution is -2.58. The van der Waals surface area contributed by atoms with E-state index in [9.17, 15) is 29.1 Å². The summed E-state index contributed by atoms with van der Waals surface area (Å²) in [6, 6.07) is 6.38. The Morgan fingerprint density at radius 1 is 1.18 bits per heavy atom. The van der Waals surface area contributed by atoms with Crippen molar-refractivity contribution in [1.29, 1.82) is 0 Å². The van der Waals surface area contributed by atoms with Crippen molar-refractivity contribution in [3.05, 3.63) is 47.0 Å². The molecule has 1 aliphatic heterocycles. The average molecular weight is 475 g/mol. The molecule has 0 radical (unpaired) electrons. The van der Waals surface area contributed by atoms with Crippen LogP contribution in [-0.4, -0.2) is 69.4 Å². The summed E-state index contributed by atoms with van der Waals surface area (Å²) in [5.41, 5.74) is 0.721. The predicted octanol–water partition coefficient (Wildman–Crippen LogP) is 1.42. The first-order chi connectivity index (χ1) is 15.8. The highest BCUT2D eigenvalue weighted by atomic mass is 32.1. The maximum absolute atomic E-state index is 12.5. The topological polar surface area (TPSA) is 158 Å². The summed E-state index contributed by atoms with van der Waals surface area (Å²) >= 11 is 0.933. The van der Waals surface area contributed by atoms with Crippen molar-refractivity contribution in [1.82, 2.24) is 20.1 Å². The molecule has 2 aromatic rings. The van der Waals surface area contributed by atoms with Gasteiger partial charge in [0.05, 0.1) is 5.69 Å². The molecular formula is C20H21N5O7S. The number of anilines is 1. The van der Waals surface area contributed by atoms with Crippen LogP contribution in [0.1, 0.15) is 24.2 Å². The van der Waals surface area contributed by atoms with Gasteiger partial charge in [0.25, 0.3) is 0 Å². The number of amides is 5. The van der Waals surface area contributed by atoms with Crippen molar-refractivity contribution in [3.63, 3.8) is 0 Å². The number of ether oxygens (including phenoxy) is 1. The Balaban J connectivity index is 1.60. The summed E-state index contributed by atoms with van der Waals surface area (Å²) in [5, 5.41) is 15.5. The molecule has 3 N–H and O–H groups in total. The number of carbonyl (C=O) groups excluding carboxylic acids is 4. The van der Waals surface area contributed by atoms with Gasteiger partial charge in [-0.1, -0.05) is 30.3 Å². The van der Waals surface area contributed by atoms with E-state index in [2.05, 4.69) is 15.6 Å². The van der Waals surface area contributed by atoms with E-state index >= 15 is 0 Å². The van der Waals surface area contributed by atoms with Gasteiger partial charge in [0.15, 0.2) is 11.2 Å². The molecule has 3 rings (SSSR count). The third-order valence-corrected chi connectivity index (χ3v) is 5.47. The first-order valence-electron chi connectivity index (χ1n) is 9.87. The van der Waals surface area contributed by atoms with Gasteiger partial charge in [0.2, 0.25) is 0 Å². The third kappa shape index (κ3) is 5.83. The number of rotatable bonds is 7. The van der Waals surface area contributed by atoms with Crippen LogP contribution in [0.25, 0.3) is 0 Å². The number of urea groups is 1. The van der Waals surface area contributed by atoms with E-state index in [0.29, 0.717) is 11.4 Å². The smallest absolute Gasteiger partial charge is 0.413 e. The number of likely N-dealkylation sites (N-methyl/N-ethyl adjacent to an activating group) is 1. The molecule has 174 valence electrons. The zero-order chi connectivity index (χ0) is 24.0. The molecule has 33 heavy (non-hydrogen) atoms. The van der Waals surface area contributed by atoms with Crippen molar-refractivity contribution in [2.24, 2.45) is 0 Å². The fourth-order valence-corrected chi connectivity index (χ4v) is 3.68. The van der Waals surface area contributed by atoms with Crippen LogP contribution in [0.4, 0.5) is 14.7 Å². The molecule has 0 bridgehead atoms. The van der Waals surface area contributed by atoms with E-state index in [0.717, 1.165) is 16.9 Å². The second-order valence-electron chi connectivity index (χ2n) is 6.83. The highest BCUT2D eigenvalue weighted by molar-refractivity contribution is 7.13. The molecule has 1 unspecified atom stereocenters. The summed E-state index contributed by atoms with van der Waals surface area (Å²) in [6.07, 6.45) is -0.784. The molecule has 2 heterocycles. The molecule has 0 aliphatic carbocycles. The Morgan fingerprint density at radius 2 is 1.91 bits per heavy atom. The van der Waals surface area contributed by atoms with Gasteiger partial charge in [-0.25, -0.2) is 19.4 Å². The fourth-order valence-electron chi connectivity index (χ4n) is 2.96. The lowest BCUT2D eigenvalue weighted by Gasteiger charge is -2.32. The van der Waals surface area contributed by atoms with E-state index < -0.39 is 35.9 Å². The second-order valence-corrected chi connectivity index (χ2v) is 7.68. The van der Waals surface area contributed by atoms with Crippen LogP contribution in [0.5, 0.6) is 0 Å². The van der Waals surface area contributed by atoms with E-state index in [1.54, 1.807) is 31.2 Å². The Hall–Kier alpha value is -4.00. The maximum Gasteiger partial charge on any atom is 0.413 e. The normalized spacial score (nSPS) is 14.6. The number of hydrogen-bond acceptors (Lipinski definition) is 8. The van der Waals surface area contributed by atoms with Crippen LogP contribution >= 0.6 is 11.3 Å². The van der Waals surface area contributed by atoms with Gasteiger partial charge in [-0.3, -0.25) is 19.8 Å². The fraction of sp³-hybridized carbons (Fsp3) is 0.300. The minimum atomic E-state index is -1.60. The van der Waals surface area contributed by atoms with Gasteiger partial charge in [-0.05, 0) is 12.5 Å². The van der Waals surface area contributed by atoms with Gasteiger partial charge in [0.1, 0.15) is 6.61 Å². The zero-order valence-corrected chi connectivity index (χ0v) is 18.3. The second kappa shape index (κ2) is 10.5. The Bertz CT molecular complexity index is 1060. The minimum absolute atomic E-state index is 0.0384. The van der Waals surface area contributed by atoms with Gasteiger partial charge in [-0.2, -0.15) is 0 Å². The molecule has 1 fully saturated rings. The van der Waals surface area contributed by atoms with Crippen LogP contribution < -0.4 is 10.6 Å². The number of nitrogens with zero attached hydrogens (tertiary/aromatic N) is 3. The van der Waals surface area contributed by atoms with E-state index in [-0.39, 0.29) is 30.5 Å². The lowest BCUT2D eigenvalue weighted by atomic mass is 10.2. The average Bonchev–Trinajstić information content (AvgIpc) is 3.26. The van der Waals surface area contributed by atoms with E-state index in [1.165, 1.54) is 10.3 Å². The SMILES string of the molecule is CCN1CCN(C(=O)NC(C(=O)O)c2csc(NC(=O)OCc3ccccc3)n2)C(=O)C1=O. The first kappa shape index (κ1) is 23.7. The summed E-state index contributed by atoms with van der Waals surface area (Å²) in [4.78, 5) is 66.3. The number of carboxylic acid groups (broad SMARTS) is 1. The standard InChI is InChI=1S/C20H21N5O7S/c1-2-24-8-9-25(16(27)15(24)26)19(30)22-14(17(28)29)13-11-33-18(21-13)23-20(31)32-10-12-6-4-3-5-7-12/h3-7,11,14H,2,8-10H2,1H3,(H,22,30)(H,28,29)(H,21,23,31). The molecule has 1 atom stereocenters. The number of carbonyl (C=O) groups is 5. The maximum atomic E-state index is 12.5. The van der Waals surface area contributed by atoms with Crippen molar-refractivity contribution in [3.8, 4) is 0 Å². The number of aromatic nitrogens is 1. The largest absolute Gasteiger partial charge is 0.479 e. The molecule has 0 spiro atoms. The number of carboxylic acids is 1. The Morgan fingerprint density at radius 3 is 2.58 bits per heavy atom. The third-order valence-electron chi connectivity index (χ3n) is 4.69. The van der Waals surface area contributed by atoms with Crippen molar-refractivity contribution >= 4 is 46.4 Å². The molecule has 5 amide bonds. The number of imide groups is 1. The van der Waals surface area contributed by atoms with Crippen molar-refractivity contribution < 1.29 is 33.8 Å². The molecule has 0 saturated carbocycles. The van der Waals surface area contributed by atoms with Crippen LogP contribution in [0, 0.1) is 0 Å². The van der Waals surface area contributed by atoms with Crippen molar-refractivity contribution in [2.75, 3.05) is 25.0 Å². The number of nitrogens with one attached hydrogen (secondary N) is 2. The number of thiazole rings is 1. The zero-order valence-electron chi connectivity index (χ0n) is 17.5. The number of piperazine rings is 1. The molecular weight excluding hydrogens is 454 g/mol. The van der Waals surface area contributed by atoms with Gasteiger partial charge in [0, 0.05) is 25.0 Å². The lowest BCUT2D eigenvalue weighted by molar-refractivity contribution is -0.153. The van der Waals surface area contributed by atoms with E-state index in [4.69, 9.17) is 4.74 Å². The molecule has 13 heteroatoms. The minimum Gasteiger partial charge on any atom is -0.479 e. The Labute approximate surface area is 192 Å². The predicted molar refractivity (Wildman–Crippen MR) is 115 cm³/mol. The molecule has 1 saturated heterocycles. The molecule has 1 aromatic heterocycles. The molecule has 1 aromatic carbocycles. The van der Waals surface area contributed by atoms with Crippen LogP contribution in [0.15, 0.2) is 35.7 Å². The highest BCUT2D eigenvalue weighted by Gasteiger charge is 2.37. The summed E-state index contributed by atoms with van der Waals surface area (Å²) < 4.78 is 5.08. The van der Waals surface area contributed by atoms with Crippen LogP contribution in [0.2, 0.25) is 0 Å². The number of aliphatic carboxylic acids is 1. The molecule has 1 aliphatic rings. The number of benzene rings is 1. The molecule has 12 nitrogen and oxygen atoms in total. The van der Waals surface area contributed by atoms with Crippen LogP contribution in [0.3, 0.4) is 0 Å². The van der Waals surface area contributed by atoms with E-state index in [1.807, 2.05) is 6.07 Å². The van der Waals surface area contributed by atoms with Gasteiger partial charge < -0.3 is 20.1 Å². The van der Waals surface area contributed by atoms with Gasteiger partial charge in [-0.15, -0.1) is 11.3 Å². The summed E-state index contributed by atoms with van der Waals surface area (Å²) in [5.74, 6) is -3.30. The monoisotopic (exact) mass is 475 g/mol. The number of hydrogen-bond donors (Lipinski definition) is 3. The summed E-state index contributed by atoms with van der Waals surface area (Å²) in [7, 11) is 0. The summed E-state index contributed by atoms with van der Waals surface area (Å²) in [6.45, 7) is 2.15. The Kier molecular flexibility index (Phi) is 7.56. The quantitative estimate of drug-likeness (QED) is 0.507. The van der Waals surface area contributed by atoms with Crippen LogP contribution in [-0.2, 0) is 25.7 Å². The van der Waals surface area contributed by atoms with Crippen molar-refractivity contribution in [2.45, 2.75) is 19.6 Å². The first-order valence-corrected chi connectivity index (χ1v) is 10.7.